The van der Waals surface area contributed by atoms with Crippen molar-refractivity contribution >= 4 is 6.29 Å². The lowest BCUT2D eigenvalue weighted by atomic mass is 9.93. The Balaban J connectivity index is 3.90. The van der Waals surface area contributed by atoms with Gasteiger partial charge in [0.15, 0.2) is 0 Å². The van der Waals surface area contributed by atoms with Crippen molar-refractivity contribution in [2.24, 2.45) is 5.92 Å². The first-order valence-electron chi connectivity index (χ1n) is 4.98. The summed E-state index contributed by atoms with van der Waals surface area (Å²) in [7, 11) is 1.69. The van der Waals surface area contributed by atoms with E-state index >= 15 is 0 Å². The van der Waals surface area contributed by atoms with Crippen LogP contribution in [0.2, 0.25) is 0 Å². The van der Waals surface area contributed by atoms with Gasteiger partial charge in [0.1, 0.15) is 6.29 Å². The van der Waals surface area contributed by atoms with E-state index in [-0.39, 0.29) is 5.92 Å². The van der Waals surface area contributed by atoms with Crippen LogP contribution in [0.4, 0.5) is 0 Å². The number of aldehydes is 1. The minimum absolute atomic E-state index is 0.183. The Labute approximate surface area is 80.5 Å². The number of likely N-dealkylation sites (N-methyl/N-ethyl adjacent to an activating group) is 1. The van der Waals surface area contributed by atoms with Gasteiger partial charge in [0.2, 0.25) is 0 Å². The molecule has 0 heterocycles. The van der Waals surface area contributed by atoms with Crippen LogP contribution in [-0.4, -0.2) is 30.6 Å². The molecule has 0 aromatic carbocycles. The molecule has 0 bridgehead atoms. The van der Waals surface area contributed by atoms with Gasteiger partial charge in [-0.15, -0.1) is 0 Å². The highest BCUT2D eigenvalue weighted by Gasteiger charge is 2.22. The second kappa shape index (κ2) is 7.04. The van der Waals surface area contributed by atoms with Crippen LogP contribution in [0.25, 0.3) is 0 Å². The summed E-state index contributed by atoms with van der Waals surface area (Å²) in [5.74, 6) is 0.183. The molecular formula is C10H21NO2. The van der Waals surface area contributed by atoms with E-state index < -0.39 is 12.1 Å². The fourth-order valence-electron chi connectivity index (χ4n) is 1.37. The topological polar surface area (TPSA) is 49.3 Å². The van der Waals surface area contributed by atoms with Crippen LogP contribution in [0.3, 0.4) is 0 Å². The van der Waals surface area contributed by atoms with Gasteiger partial charge in [-0.1, -0.05) is 26.7 Å². The number of carbonyl (C=O) groups excluding carboxylic acids is 1. The zero-order chi connectivity index (χ0) is 10.3. The van der Waals surface area contributed by atoms with Gasteiger partial charge >= 0.3 is 0 Å². The van der Waals surface area contributed by atoms with Gasteiger partial charge in [-0.2, -0.15) is 0 Å². The van der Waals surface area contributed by atoms with Gasteiger partial charge in [0.25, 0.3) is 0 Å². The lowest BCUT2D eigenvalue weighted by Gasteiger charge is -2.23. The lowest BCUT2D eigenvalue weighted by Crippen LogP contribution is -2.42. The Hall–Kier alpha value is -0.410. The third-order valence-corrected chi connectivity index (χ3v) is 2.44. The van der Waals surface area contributed by atoms with Crippen LogP contribution in [-0.2, 0) is 4.79 Å². The van der Waals surface area contributed by atoms with Gasteiger partial charge in [-0.3, -0.25) is 0 Å². The first kappa shape index (κ1) is 12.6. The van der Waals surface area contributed by atoms with Crippen molar-refractivity contribution in [2.45, 2.75) is 45.3 Å². The van der Waals surface area contributed by atoms with Crippen LogP contribution < -0.4 is 5.32 Å². The summed E-state index contributed by atoms with van der Waals surface area (Å²) < 4.78 is 0. The van der Waals surface area contributed by atoms with E-state index in [1.165, 1.54) is 0 Å². The van der Waals surface area contributed by atoms with Crippen LogP contribution in [0.1, 0.15) is 33.1 Å². The van der Waals surface area contributed by atoms with Crippen molar-refractivity contribution < 1.29 is 9.90 Å². The smallest absolute Gasteiger partial charge is 0.139 e. The number of aliphatic hydroxyl groups excluding tert-OH is 1. The van der Waals surface area contributed by atoms with Crippen molar-refractivity contribution in [3.05, 3.63) is 0 Å². The predicted molar refractivity (Wildman–Crippen MR) is 53.6 cm³/mol. The average molecular weight is 187 g/mol. The Bertz CT molecular complexity index is 139. The molecule has 3 heteroatoms. The van der Waals surface area contributed by atoms with Gasteiger partial charge in [0.05, 0.1) is 12.1 Å². The van der Waals surface area contributed by atoms with E-state index in [0.29, 0.717) is 0 Å². The van der Waals surface area contributed by atoms with Crippen molar-refractivity contribution in [2.75, 3.05) is 7.05 Å². The maximum Gasteiger partial charge on any atom is 0.139 e. The molecule has 0 aromatic heterocycles. The Morgan fingerprint density at radius 3 is 2.54 bits per heavy atom. The van der Waals surface area contributed by atoms with Gasteiger partial charge in [-0.05, 0) is 19.4 Å². The molecule has 0 aliphatic rings. The molecule has 0 fully saturated rings. The molecule has 0 spiro atoms. The first-order chi connectivity index (χ1) is 6.17. The van der Waals surface area contributed by atoms with Gasteiger partial charge in [-0.25, -0.2) is 0 Å². The zero-order valence-corrected chi connectivity index (χ0v) is 8.79. The summed E-state index contributed by atoms with van der Waals surface area (Å²) in [5, 5.41) is 12.5. The molecule has 0 aliphatic carbocycles. The number of hydrogen-bond acceptors (Lipinski definition) is 3. The monoisotopic (exact) mass is 187 g/mol. The van der Waals surface area contributed by atoms with E-state index in [2.05, 4.69) is 12.2 Å². The minimum atomic E-state index is -0.561. The maximum absolute atomic E-state index is 10.5. The van der Waals surface area contributed by atoms with Gasteiger partial charge in [0, 0.05) is 0 Å². The van der Waals surface area contributed by atoms with E-state index in [4.69, 9.17) is 0 Å². The van der Waals surface area contributed by atoms with Crippen LogP contribution in [0, 0.1) is 5.92 Å². The summed E-state index contributed by atoms with van der Waals surface area (Å²) in [5.41, 5.74) is 0. The Kier molecular flexibility index (Phi) is 6.82. The molecule has 2 N–H and O–H groups in total. The normalized spacial score (nSPS) is 17.8. The second-order valence-corrected chi connectivity index (χ2v) is 3.56. The first-order valence-corrected chi connectivity index (χ1v) is 4.98. The molecule has 78 valence electrons. The largest absolute Gasteiger partial charge is 0.391 e. The third-order valence-electron chi connectivity index (χ3n) is 2.44. The molecule has 13 heavy (non-hydrogen) atoms. The van der Waals surface area contributed by atoms with Crippen molar-refractivity contribution in [1.82, 2.24) is 5.32 Å². The number of unbranched alkanes of at least 4 members (excludes halogenated alkanes) is 1. The SMILES string of the molecule is CCCCC(C)C(O)C(C=O)NC. The van der Waals surface area contributed by atoms with Gasteiger partial charge < -0.3 is 15.2 Å². The Morgan fingerprint density at radius 2 is 2.15 bits per heavy atom. The Morgan fingerprint density at radius 1 is 1.54 bits per heavy atom. The van der Waals surface area contributed by atoms with E-state index in [0.717, 1.165) is 25.5 Å². The van der Waals surface area contributed by atoms with Crippen molar-refractivity contribution in [1.29, 1.82) is 0 Å². The van der Waals surface area contributed by atoms with Crippen LogP contribution >= 0.6 is 0 Å². The number of carbonyl (C=O) groups is 1. The molecule has 0 amide bonds. The number of aliphatic hydroxyl groups is 1. The van der Waals surface area contributed by atoms with Crippen LogP contribution in [0.15, 0.2) is 0 Å². The molecule has 3 atom stereocenters. The number of hydrogen-bond donors (Lipinski definition) is 2. The number of nitrogens with one attached hydrogen (secondary N) is 1. The lowest BCUT2D eigenvalue weighted by molar-refractivity contribution is -0.112. The molecule has 0 saturated carbocycles. The van der Waals surface area contributed by atoms with E-state index in [1.807, 2.05) is 6.92 Å². The second-order valence-electron chi connectivity index (χ2n) is 3.56. The minimum Gasteiger partial charge on any atom is -0.391 e. The third kappa shape index (κ3) is 4.39. The summed E-state index contributed by atoms with van der Waals surface area (Å²) in [4.78, 5) is 10.5. The van der Waals surface area contributed by atoms with Crippen molar-refractivity contribution in [3.8, 4) is 0 Å². The highest BCUT2D eigenvalue weighted by atomic mass is 16.3. The number of rotatable bonds is 7. The highest BCUT2D eigenvalue weighted by Crippen LogP contribution is 2.14. The molecule has 3 unspecified atom stereocenters. The fourth-order valence-corrected chi connectivity index (χ4v) is 1.37. The molecule has 0 aromatic rings. The molecule has 0 radical (unpaired) electrons. The zero-order valence-electron chi connectivity index (χ0n) is 8.79. The molecule has 3 nitrogen and oxygen atoms in total. The summed E-state index contributed by atoms with van der Waals surface area (Å²) in [6, 6.07) is -0.424. The van der Waals surface area contributed by atoms with E-state index in [9.17, 15) is 9.90 Å². The highest BCUT2D eigenvalue weighted by molar-refractivity contribution is 5.58. The molecular weight excluding hydrogens is 166 g/mol. The standard InChI is InChI=1S/C10H21NO2/c1-4-5-6-8(2)10(13)9(7-12)11-3/h7-11,13H,4-6H2,1-3H3. The average Bonchev–Trinajstić information content (AvgIpc) is 2.15. The summed E-state index contributed by atoms with van der Waals surface area (Å²) in [6.07, 6.45) is 3.42. The molecule has 0 aliphatic heterocycles. The maximum atomic E-state index is 10.5. The quantitative estimate of drug-likeness (QED) is 0.584. The fraction of sp³-hybridized carbons (Fsp3) is 0.900. The van der Waals surface area contributed by atoms with E-state index in [1.54, 1.807) is 7.05 Å². The summed E-state index contributed by atoms with van der Waals surface area (Å²) in [6.45, 7) is 4.10. The van der Waals surface area contributed by atoms with Crippen LogP contribution in [0.5, 0.6) is 0 Å². The summed E-state index contributed by atoms with van der Waals surface area (Å²) >= 11 is 0. The van der Waals surface area contributed by atoms with Crippen molar-refractivity contribution in [3.63, 3.8) is 0 Å². The predicted octanol–water partition coefficient (Wildman–Crippen LogP) is 0.961. The molecule has 0 saturated heterocycles. The molecule has 0 rings (SSSR count).